The summed E-state index contributed by atoms with van der Waals surface area (Å²) >= 11 is 0. The summed E-state index contributed by atoms with van der Waals surface area (Å²) in [5.41, 5.74) is 1.26. The maximum Gasteiger partial charge on any atom is 0.242 e. The molecule has 0 spiro atoms. The molecule has 0 saturated carbocycles. The van der Waals surface area contributed by atoms with Crippen molar-refractivity contribution < 1.29 is 9.13 Å². The summed E-state index contributed by atoms with van der Waals surface area (Å²) in [4.78, 5) is 2.48. The molecule has 1 saturated heterocycles. The predicted molar refractivity (Wildman–Crippen MR) is 75.9 cm³/mol. The molecule has 3 heteroatoms. The first kappa shape index (κ1) is 14.3. The van der Waals surface area contributed by atoms with Crippen LogP contribution < -0.4 is 4.74 Å². The van der Waals surface area contributed by atoms with E-state index in [9.17, 15) is 4.39 Å². The second-order valence-corrected chi connectivity index (χ2v) is 6.07. The van der Waals surface area contributed by atoms with Crippen molar-refractivity contribution in [3.8, 4) is 5.75 Å². The third kappa shape index (κ3) is 4.83. The van der Waals surface area contributed by atoms with Gasteiger partial charge in [-0.15, -0.1) is 0 Å². The number of nitrogens with zero attached hydrogens (tertiary/aromatic N) is 1. The van der Waals surface area contributed by atoms with Gasteiger partial charge in [0.2, 0.25) is 5.85 Å². The van der Waals surface area contributed by atoms with Crippen molar-refractivity contribution >= 4 is 0 Å². The van der Waals surface area contributed by atoms with E-state index in [1.54, 1.807) is 0 Å². The second-order valence-electron chi connectivity index (χ2n) is 6.07. The lowest BCUT2D eigenvalue weighted by Crippen LogP contribution is -2.32. The summed E-state index contributed by atoms with van der Waals surface area (Å²) in [6, 6.07) is 7.75. The van der Waals surface area contributed by atoms with Gasteiger partial charge in [0.15, 0.2) is 0 Å². The number of likely N-dealkylation sites (tertiary alicyclic amines) is 1. The van der Waals surface area contributed by atoms with Gasteiger partial charge in [-0.2, -0.15) is 4.39 Å². The van der Waals surface area contributed by atoms with Gasteiger partial charge in [-0.3, -0.25) is 4.90 Å². The number of hydrogen-bond donors (Lipinski definition) is 0. The molecule has 2 rings (SSSR count). The van der Waals surface area contributed by atoms with Gasteiger partial charge in [0.1, 0.15) is 5.75 Å². The van der Waals surface area contributed by atoms with Gasteiger partial charge in [0, 0.05) is 20.4 Å². The molecule has 0 radical (unpaired) electrons. The lowest BCUT2D eigenvalue weighted by Gasteiger charge is -2.30. The van der Waals surface area contributed by atoms with Gasteiger partial charge < -0.3 is 4.74 Å². The minimum atomic E-state index is -1.62. The highest BCUT2D eigenvalue weighted by Crippen LogP contribution is 2.22. The Labute approximate surface area is 115 Å². The zero-order valence-electron chi connectivity index (χ0n) is 12.2. The van der Waals surface area contributed by atoms with Crippen molar-refractivity contribution in [3.05, 3.63) is 29.8 Å². The lowest BCUT2D eigenvalue weighted by molar-refractivity contribution is -0.0257. The van der Waals surface area contributed by atoms with Crippen molar-refractivity contribution in [1.29, 1.82) is 0 Å². The normalized spacial score (nSPS) is 18.5. The molecule has 1 heterocycles. The zero-order valence-corrected chi connectivity index (χ0v) is 12.2. The van der Waals surface area contributed by atoms with Gasteiger partial charge >= 0.3 is 0 Å². The maximum absolute atomic E-state index is 13.4. The predicted octanol–water partition coefficient (Wildman–Crippen LogP) is 4.00. The Morgan fingerprint density at radius 1 is 1.21 bits per heavy atom. The Hall–Kier alpha value is -1.09. The smallest absolute Gasteiger partial charge is 0.242 e. The van der Waals surface area contributed by atoms with Crippen LogP contribution in [0, 0.1) is 5.92 Å². The number of hydrogen-bond acceptors (Lipinski definition) is 2. The number of alkyl halides is 1. The van der Waals surface area contributed by atoms with Crippen LogP contribution in [0.1, 0.15) is 39.2 Å². The molecule has 1 aromatic carbocycles. The van der Waals surface area contributed by atoms with E-state index in [0.717, 1.165) is 12.5 Å². The number of ether oxygens (including phenoxy) is 1. The monoisotopic (exact) mass is 265 g/mol. The zero-order chi connectivity index (χ0) is 13.9. The standard InChI is InChI=1S/C16H24FNO/c1-13-8-10-18(11-9-13)12-14-4-6-15(7-5-14)19-16(2,3)17/h4-7,13H,8-12H2,1-3H3. The van der Waals surface area contributed by atoms with E-state index in [4.69, 9.17) is 4.74 Å². The Bertz CT molecular complexity index is 388. The van der Waals surface area contributed by atoms with Crippen LogP contribution in [0.4, 0.5) is 4.39 Å². The molecule has 106 valence electrons. The fourth-order valence-electron chi connectivity index (χ4n) is 2.42. The van der Waals surface area contributed by atoms with Crippen LogP contribution in [0.2, 0.25) is 0 Å². The summed E-state index contributed by atoms with van der Waals surface area (Å²) in [6.45, 7) is 8.48. The highest BCUT2D eigenvalue weighted by molar-refractivity contribution is 5.27. The fraction of sp³-hybridized carbons (Fsp3) is 0.625. The van der Waals surface area contributed by atoms with Crippen LogP contribution in [0.3, 0.4) is 0 Å². The maximum atomic E-state index is 13.4. The average molecular weight is 265 g/mol. The van der Waals surface area contributed by atoms with E-state index in [1.165, 1.54) is 45.3 Å². The van der Waals surface area contributed by atoms with Crippen LogP contribution in [-0.4, -0.2) is 23.8 Å². The molecule has 0 amide bonds. The summed E-state index contributed by atoms with van der Waals surface area (Å²) in [7, 11) is 0. The summed E-state index contributed by atoms with van der Waals surface area (Å²) < 4.78 is 18.5. The van der Waals surface area contributed by atoms with Gasteiger partial charge in [0.05, 0.1) is 0 Å². The Morgan fingerprint density at radius 3 is 2.32 bits per heavy atom. The molecule has 19 heavy (non-hydrogen) atoms. The van der Waals surface area contributed by atoms with Crippen molar-refractivity contribution in [3.63, 3.8) is 0 Å². The van der Waals surface area contributed by atoms with E-state index < -0.39 is 5.85 Å². The number of piperidine rings is 1. The first-order valence-electron chi connectivity index (χ1n) is 7.11. The van der Waals surface area contributed by atoms with Crippen LogP contribution >= 0.6 is 0 Å². The summed E-state index contributed by atoms with van der Waals surface area (Å²) in [5, 5.41) is 0. The average Bonchev–Trinajstić information content (AvgIpc) is 2.33. The SMILES string of the molecule is CC1CCN(Cc2ccc(OC(C)(C)F)cc2)CC1. The lowest BCUT2D eigenvalue weighted by atomic mass is 9.99. The Balaban J connectivity index is 1.88. The quantitative estimate of drug-likeness (QED) is 0.815. The van der Waals surface area contributed by atoms with Crippen molar-refractivity contribution in [1.82, 2.24) is 4.90 Å². The molecule has 0 aliphatic carbocycles. The molecule has 1 aliphatic rings. The third-order valence-corrected chi connectivity index (χ3v) is 3.57. The van der Waals surface area contributed by atoms with Crippen molar-refractivity contribution in [2.24, 2.45) is 5.92 Å². The Morgan fingerprint density at radius 2 is 1.79 bits per heavy atom. The van der Waals surface area contributed by atoms with E-state index in [2.05, 4.69) is 11.8 Å². The van der Waals surface area contributed by atoms with Crippen LogP contribution in [0.25, 0.3) is 0 Å². The minimum absolute atomic E-state index is 0.587. The van der Waals surface area contributed by atoms with Crippen LogP contribution in [0.15, 0.2) is 24.3 Å². The van der Waals surface area contributed by atoms with Gasteiger partial charge in [-0.05, 0) is 49.5 Å². The highest BCUT2D eigenvalue weighted by atomic mass is 19.2. The van der Waals surface area contributed by atoms with Crippen molar-refractivity contribution in [2.45, 2.75) is 46.0 Å². The molecule has 0 atom stereocenters. The first-order valence-corrected chi connectivity index (χ1v) is 7.11. The largest absolute Gasteiger partial charge is 0.459 e. The van der Waals surface area contributed by atoms with Gasteiger partial charge in [0.25, 0.3) is 0 Å². The highest BCUT2D eigenvalue weighted by Gasteiger charge is 2.17. The summed E-state index contributed by atoms with van der Waals surface area (Å²) in [6.07, 6.45) is 2.58. The molecular weight excluding hydrogens is 241 g/mol. The topological polar surface area (TPSA) is 12.5 Å². The Kier molecular flexibility index (Phi) is 4.46. The number of halogens is 1. The van der Waals surface area contributed by atoms with E-state index >= 15 is 0 Å². The molecule has 0 bridgehead atoms. The van der Waals surface area contributed by atoms with E-state index in [1.807, 2.05) is 24.3 Å². The second kappa shape index (κ2) is 5.91. The van der Waals surface area contributed by atoms with E-state index in [-0.39, 0.29) is 0 Å². The van der Waals surface area contributed by atoms with Gasteiger partial charge in [-0.25, -0.2) is 0 Å². The molecule has 0 aromatic heterocycles. The van der Waals surface area contributed by atoms with Gasteiger partial charge in [-0.1, -0.05) is 19.1 Å². The minimum Gasteiger partial charge on any atom is -0.459 e. The molecular formula is C16H24FNO. The molecule has 0 N–H and O–H groups in total. The first-order chi connectivity index (χ1) is 8.92. The summed E-state index contributed by atoms with van der Waals surface area (Å²) in [5.74, 6) is -0.174. The molecule has 1 fully saturated rings. The molecule has 0 unspecified atom stereocenters. The van der Waals surface area contributed by atoms with E-state index in [0.29, 0.717) is 5.75 Å². The molecule has 1 aromatic rings. The third-order valence-electron chi connectivity index (χ3n) is 3.57. The number of benzene rings is 1. The van der Waals surface area contributed by atoms with Crippen LogP contribution in [0.5, 0.6) is 5.75 Å². The van der Waals surface area contributed by atoms with Crippen molar-refractivity contribution in [2.75, 3.05) is 13.1 Å². The fourth-order valence-corrected chi connectivity index (χ4v) is 2.42. The number of rotatable bonds is 4. The van der Waals surface area contributed by atoms with Crippen LogP contribution in [-0.2, 0) is 6.54 Å². The molecule has 1 aliphatic heterocycles. The molecule has 2 nitrogen and oxygen atoms in total.